The molecule has 0 saturated carbocycles. The first-order chi connectivity index (χ1) is 15.8. The van der Waals surface area contributed by atoms with E-state index >= 15 is 4.39 Å². The van der Waals surface area contributed by atoms with Gasteiger partial charge in [-0.15, -0.1) is 0 Å². The second kappa shape index (κ2) is 13.3. The summed E-state index contributed by atoms with van der Waals surface area (Å²) in [6.07, 6.45) is -0.262. The van der Waals surface area contributed by atoms with Gasteiger partial charge in [-0.3, -0.25) is 9.63 Å². The number of aliphatic hydroxyl groups is 3. The van der Waals surface area contributed by atoms with Crippen LogP contribution < -0.4 is 10.8 Å². The molecule has 0 bridgehead atoms. The Morgan fingerprint density at radius 2 is 1.73 bits per heavy atom. The normalized spacial score (nSPS) is 11.4. The van der Waals surface area contributed by atoms with Crippen LogP contribution in [0.1, 0.15) is 22.3 Å². The molecular weight excluding hydrogens is 562 g/mol. The number of aliphatic hydroxyl groups excluding tert-OH is 3. The van der Waals surface area contributed by atoms with Crippen LogP contribution in [0.3, 0.4) is 0 Å². The van der Waals surface area contributed by atoms with Crippen LogP contribution in [0.25, 0.3) is 0 Å². The van der Waals surface area contributed by atoms with E-state index < -0.39 is 60.0 Å². The van der Waals surface area contributed by atoms with Gasteiger partial charge in [0.15, 0.2) is 11.6 Å². The Balaban J connectivity index is 2.60. The SMILES string of the molecule is O=C(NOCCO)c1cc(/C(CCO)=N\OCCO)c(F)c(F)c1Nc1ccc(I)cc1F. The molecule has 0 saturated heterocycles. The van der Waals surface area contributed by atoms with Crippen LogP contribution in [0.5, 0.6) is 0 Å². The molecule has 0 fully saturated rings. The van der Waals surface area contributed by atoms with Gasteiger partial charge in [0.1, 0.15) is 12.4 Å². The molecule has 0 aliphatic carbocycles. The highest BCUT2D eigenvalue weighted by Crippen LogP contribution is 2.31. The summed E-state index contributed by atoms with van der Waals surface area (Å²) in [6.45, 7) is -1.84. The second-order valence-electron chi connectivity index (χ2n) is 6.30. The first-order valence-corrected chi connectivity index (χ1v) is 10.6. The fraction of sp³-hybridized carbons (Fsp3) is 0.300. The van der Waals surface area contributed by atoms with Crippen molar-refractivity contribution < 1.29 is 43.0 Å². The van der Waals surface area contributed by atoms with Crippen LogP contribution in [-0.4, -0.2) is 60.0 Å². The number of hydrogen-bond acceptors (Lipinski definition) is 8. The third kappa shape index (κ3) is 7.26. The van der Waals surface area contributed by atoms with Gasteiger partial charge in [0, 0.05) is 22.2 Å². The van der Waals surface area contributed by atoms with Crippen LogP contribution in [0.2, 0.25) is 0 Å². The van der Waals surface area contributed by atoms with E-state index in [1.165, 1.54) is 12.1 Å². The van der Waals surface area contributed by atoms with Crippen LogP contribution in [-0.2, 0) is 9.68 Å². The number of amides is 1. The monoisotopic (exact) mass is 583 g/mol. The molecule has 180 valence electrons. The van der Waals surface area contributed by atoms with Gasteiger partial charge < -0.3 is 25.5 Å². The zero-order valence-electron chi connectivity index (χ0n) is 17.1. The number of benzene rings is 2. The molecule has 2 rings (SSSR count). The van der Waals surface area contributed by atoms with E-state index in [0.717, 1.165) is 12.1 Å². The van der Waals surface area contributed by atoms with Crippen LogP contribution in [0, 0.1) is 21.0 Å². The predicted octanol–water partition coefficient (Wildman–Crippen LogP) is 2.20. The Morgan fingerprint density at radius 1 is 1.00 bits per heavy atom. The average molecular weight is 583 g/mol. The topological polar surface area (TPSA) is 133 Å². The molecule has 13 heteroatoms. The molecule has 9 nitrogen and oxygen atoms in total. The zero-order valence-corrected chi connectivity index (χ0v) is 19.2. The number of anilines is 2. The van der Waals surface area contributed by atoms with Crippen molar-refractivity contribution in [2.24, 2.45) is 5.16 Å². The number of carbonyl (C=O) groups is 1. The summed E-state index contributed by atoms with van der Waals surface area (Å²) < 4.78 is 45.0. The largest absolute Gasteiger partial charge is 0.396 e. The van der Waals surface area contributed by atoms with Crippen LogP contribution >= 0.6 is 22.6 Å². The summed E-state index contributed by atoms with van der Waals surface area (Å²) in [5, 5.41) is 32.9. The standard InChI is InChI=1S/C20H21F3IN3O6/c21-14-9-11(24)1-2-16(14)25-19-13(20(31)27-33-8-6-30)10-12(17(22)18(19)23)15(3-4-28)26-32-7-5-29/h1-2,9-10,25,28-30H,3-8H2,(H,27,31)/b26-15-. The molecule has 1 amide bonds. The van der Waals surface area contributed by atoms with Crippen molar-refractivity contribution in [1.29, 1.82) is 0 Å². The molecule has 33 heavy (non-hydrogen) atoms. The van der Waals surface area contributed by atoms with Crippen LogP contribution in [0.4, 0.5) is 24.5 Å². The number of nitrogens with zero attached hydrogens (tertiary/aromatic N) is 1. The van der Waals surface area contributed by atoms with Gasteiger partial charge in [0.25, 0.3) is 5.91 Å². The van der Waals surface area contributed by atoms with Gasteiger partial charge in [-0.1, -0.05) is 5.16 Å². The third-order valence-corrected chi connectivity index (χ3v) is 4.69. The molecule has 0 spiro atoms. The first kappa shape index (κ1) is 26.8. The van der Waals surface area contributed by atoms with Crippen LogP contribution in [0.15, 0.2) is 29.4 Å². The zero-order chi connectivity index (χ0) is 24.4. The predicted molar refractivity (Wildman–Crippen MR) is 121 cm³/mol. The summed E-state index contributed by atoms with van der Waals surface area (Å²) in [4.78, 5) is 22.2. The highest BCUT2D eigenvalue weighted by atomic mass is 127. The van der Waals surface area contributed by atoms with Gasteiger partial charge >= 0.3 is 0 Å². The minimum absolute atomic E-state index is 0.220. The molecule has 0 aliphatic heterocycles. The number of halogens is 4. The van der Waals surface area contributed by atoms with E-state index in [9.17, 15) is 18.7 Å². The van der Waals surface area contributed by atoms with E-state index in [0.29, 0.717) is 3.57 Å². The molecule has 0 aliphatic rings. The Bertz CT molecular complexity index is 1010. The molecule has 0 atom stereocenters. The molecular formula is C20H21F3IN3O6. The van der Waals surface area contributed by atoms with Gasteiger partial charge in [0.05, 0.1) is 42.5 Å². The van der Waals surface area contributed by atoms with Crippen molar-refractivity contribution >= 4 is 45.6 Å². The quantitative estimate of drug-likeness (QED) is 0.112. The Morgan fingerprint density at radius 3 is 2.36 bits per heavy atom. The van der Waals surface area contributed by atoms with E-state index in [1.54, 1.807) is 0 Å². The fourth-order valence-corrected chi connectivity index (χ4v) is 3.03. The first-order valence-electron chi connectivity index (χ1n) is 9.52. The van der Waals surface area contributed by atoms with E-state index in [1.807, 2.05) is 28.1 Å². The highest BCUT2D eigenvalue weighted by Gasteiger charge is 2.26. The lowest BCUT2D eigenvalue weighted by Crippen LogP contribution is -2.27. The summed E-state index contributed by atoms with van der Waals surface area (Å²) in [5.74, 6) is -4.76. The summed E-state index contributed by atoms with van der Waals surface area (Å²) in [6, 6.07) is 4.89. The number of hydroxylamine groups is 1. The lowest BCUT2D eigenvalue weighted by atomic mass is 10.0. The van der Waals surface area contributed by atoms with Gasteiger partial charge in [0.2, 0.25) is 0 Å². The molecule has 0 unspecified atom stereocenters. The smallest absolute Gasteiger partial charge is 0.277 e. The maximum atomic E-state index is 15.1. The molecule has 0 heterocycles. The lowest BCUT2D eigenvalue weighted by molar-refractivity contribution is 0.0168. The van der Waals surface area contributed by atoms with Gasteiger partial charge in [-0.05, 0) is 46.9 Å². The number of nitrogens with one attached hydrogen (secondary N) is 2. The van der Waals surface area contributed by atoms with Crippen molar-refractivity contribution in [3.8, 4) is 0 Å². The molecule has 5 N–H and O–H groups in total. The maximum Gasteiger partial charge on any atom is 0.277 e. The number of hydrogen-bond donors (Lipinski definition) is 5. The highest BCUT2D eigenvalue weighted by molar-refractivity contribution is 14.1. The third-order valence-electron chi connectivity index (χ3n) is 4.02. The van der Waals surface area contributed by atoms with Crippen molar-refractivity contribution in [1.82, 2.24) is 5.48 Å². The van der Waals surface area contributed by atoms with Gasteiger partial charge in [-0.2, -0.15) is 0 Å². The summed E-state index contributed by atoms with van der Waals surface area (Å²) in [7, 11) is 0. The number of carbonyl (C=O) groups excluding carboxylic acids is 1. The maximum absolute atomic E-state index is 15.1. The molecule has 0 aromatic heterocycles. The number of oxime groups is 1. The fourth-order valence-electron chi connectivity index (χ4n) is 2.58. The molecule has 2 aromatic rings. The van der Waals surface area contributed by atoms with E-state index in [4.69, 9.17) is 19.9 Å². The minimum Gasteiger partial charge on any atom is -0.396 e. The van der Waals surface area contributed by atoms with Crippen molar-refractivity contribution in [2.75, 3.05) is 38.4 Å². The summed E-state index contributed by atoms with van der Waals surface area (Å²) in [5.41, 5.74) is -0.144. The number of rotatable bonds is 12. The Hall–Kier alpha value is -2.46. The average Bonchev–Trinajstić information content (AvgIpc) is 2.78. The van der Waals surface area contributed by atoms with Crippen molar-refractivity contribution in [3.05, 3.63) is 56.4 Å². The van der Waals surface area contributed by atoms with Crippen molar-refractivity contribution in [2.45, 2.75) is 6.42 Å². The second-order valence-corrected chi connectivity index (χ2v) is 7.54. The summed E-state index contributed by atoms with van der Waals surface area (Å²) >= 11 is 1.87. The minimum atomic E-state index is -1.52. The Labute approximate surface area is 200 Å². The van der Waals surface area contributed by atoms with E-state index in [-0.39, 0.29) is 31.0 Å². The van der Waals surface area contributed by atoms with E-state index in [2.05, 4.69) is 10.5 Å². The molecule has 2 aromatic carbocycles. The Kier molecular flexibility index (Phi) is 10.8. The van der Waals surface area contributed by atoms with Gasteiger partial charge in [-0.25, -0.2) is 18.7 Å². The van der Waals surface area contributed by atoms with Crippen molar-refractivity contribution in [3.63, 3.8) is 0 Å². The lowest BCUT2D eigenvalue weighted by Gasteiger charge is -2.17. The molecule has 0 radical (unpaired) electrons.